The van der Waals surface area contributed by atoms with Crippen LogP contribution >= 0.6 is 0 Å². The molecule has 1 aliphatic rings. The second kappa shape index (κ2) is 11.1. The van der Waals surface area contributed by atoms with Crippen molar-refractivity contribution in [2.24, 2.45) is 0 Å². The lowest BCUT2D eigenvalue weighted by Gasteiger charge is -2.22. The van der Waals surface area contributed by atoms with Crippen LogP contribution in [0.2, 0.25) is 0 Å². The van der Waals surface area contributed by atoms with Crippen molar-refractivity contribution >= 4 is 43.7 Å². The van der Waals surface area contributed by atoms with Gasteiger partial charge in [0, 0.05) is 55.4 Å². The second-order valence-corrected chi connectivity index (χ2v) is 14.4. The maximum atomic E-state index is 6.67. The van der Waals surface area contributed by atoms with Gasteiger partial charge >= 0.3 is 0 Å². The Kier molecular flexibility index (Phi) is 6.23. The van der Waals surface area contributed by atoms with E-state index in [-0.39, 0.29) is 5.41 Å². The van der Waals surface area contributed by atoms with Gasteiger partial charge in [0.25, 0.3) is 0 Å². The highest BCUT2D eigenvalue weighted by atomic mass is 16.3. The Morgan fingerprint density at radius 3 is 1.81 bits per heavy atom. The van der Waals surface area contributed by atoms with Gasteiger partial charge in [-0.3, -0.25) is 0 Å². The highest BCUT2D eigenvalue weighted by Gasteiger charge is 2.38. The minimum absolute atomic E-state index is 0.122. The van der Waals surface area contributed by atoms with E-state index in [9.17, 15) is 0 Å². The van der Waals surface area contributed by atoms with E-state index < -0.39 is 0 Å². The lowest BCUT2D eigenvalue weighted by Crippen LogP contribution is -2.15. The van der Waals surface area contributed by atoms with Crippen molar-refractivity contribution in [2.75, 3.05) is 0 Å². The normalized spacial score (nSPS) is 13.2. The van der Waals surface area contributed by atoms with Gasteiger partial charge in [0.05, 0.1) is 11.0 Å². The standard InChI is InChI=1S/C48H32N4O/c1-48(2)38-19-11-9-17-33(38)36-25-26-40-43(44(36)48)37-18-10-12-20-39(37)52(40)32-22-24-35-34-23-21-31(27-41(34)53-42(35)28-32)47-50-45(29-13-5-3-6-14-29)49-46(51-47)30-15-7-4-8-16-30/h3-28H,1-2H3. The number of fused-ring (bicyclic) bond motifs is 10. The molecule has 250 valence electrons. The van der Waals surface area contributed by atoms with Crippen molar-refractivity contribution in [3.8, 4) is 51.0 Å². The predicted molar refractivity (Wildman–Crippen MR) is 215 cm³/mol. The van der Waals surface area contributed by atoms with Crippen molar-refractivity contribution in [3.63, 3.8) is 0 Å². The molecule has 0 saturated carbocycles. The molecule has 0 bridgehead atoms. The molecule has 0 atom stereocenters. The summed E-state index contributed by atoms with van der Waals surface area (Å²) in [6.07, 6.45) is 0. The Balaban J connectivity index is 1.07. The molecule has 53 heavy (non-hydrogen) atoms. The molecule has 0 spiro atoms. The third-order valence-corrected chi connectivity index (χ3v) is 11.0. The summed E-state index contributed by atoms with van der Waals surface area (Å²) in [5.41, 5.74) is 13.1. The molecule has 11 rings (SSSR count). The van der Waals surface area contributed by atoms with E-state index in [2.05, 4.69) is 115 Å². The number of rotatable bonds is 4. The maximum absolute atomic E-state index is 6.67. The molecule has 0 amide bonds. The number of benzene rings is 7. The van der Waals surface area contributed by atoms with E-state index >= 15 is 0 Å². The minimum atomic E-state index is -0.122. The molecular weight excluding hydrogens is 649 g/mol. The zero-order valence-corrected chi connectivity index (χ0v) is 29.2. The van der Waals surface area contributed by atoms with Crippen LogP contribution < -0.4 is 0 Å². The molecule has 3 heterocycles. The van der Waals surface area contributed by atoms with Gasteiger partial charge < -0.3 is 8.98 Å². The van der Waals surface area contributed by atoms with Crippen LogP contribution in [0.25, 0.3) is 94.7 Å². The summed E-state index contributed by atoms with van der Waals surface area (Å²) < 4.78 is 9.06. The monoisotopic (exact) mass is 680 g/mol. The summed E-state index contributed by atoms with van der Waals surface area (Å²) in [5, 5.41) is 4.70. The van der Waals surface area contributed by atoms with E-state index in [1.165, 1.54) is 44.1 Å². The molecule has 5 heteroatoms. The van der Waals surface area contributed by atoms with Crippen molar-refractivity contribution in [3.05, 3.63) is 169 Å². The first kappa shape index (κ1) is 29.8. The summed E-state index contributed by atoms with van der Waals surface area (Å²) >= 11 is 0. The smallest absolute Gasteiger partial charge is 0.164 e. The Bertz CT molecular complexity index is 3020. The van der Waals surface area contributed by atoms with Crippen molar-refractivity contribution in [1.82, 2.24) is 19.5 Å². The van der Waals surface area contributed by atoms with Crippen LogP contribution in [-0.4, -0.2) is 19.5 Å². The molecule has 0 unspecified atom stereocenters. The first-order chi connectivity index (χ1) is 26.0. The van der Waals surface area contributed by atoms with Gasteiger partial charge in [-0.05, 0) is 58.7 Å². The Morgan fingerprint density at radius 2 is 1.08 bits per heavy atom. The molecular formula is C48H32N4O. The average molecular weight is 681 g/mol. The summed E-state index contributed by atoms with van der Waals surface area (Å²) in [4.78, 5) is 14.8. The van der Waals surface area contributed by atoms with Gasteiger partial charge in [0.1, 0.15) is 11.2 Å². The topological polar surface area (TPSA) is 56.7 Å². The third-order valence-electron chi connectivity index (χ3n) is 11.0. The van der Waals surface area contributed by atoms with Gasteiger partial charge in [0.2, 0.25) is 0 Å². The van der Waals surface area contributed by atoms with Crippen LogP contribution in [0.4, 0.5) is 0 Å². The van der Waals surface area contributed by atoms with Gasteiger partial charge in [-0.25, -0.2) is 15.0 Å². The molecule has 7 aromatic carbocycles. The maximum Gasteiger partial charge on any atom is 0.164 e. The molecule has 5 nitrogen and oxygen atoms in total. The summed E-state index contributed by atoms with van der Waals surface area (Å²) in [7, 11) is 0. The quantitative estimate of drug-likeness (QED) is 0.186. The van der Waals surface area contributed by atoms with Gasteiger partial charge in [-0.2, -0.15) is 0 Å². The molecule has 1 aliphatic carbocycles. The zero-order chi connectivity index (χ0) is 35.3. The number of aromatic nitrogens is 4. The summed E-state index contributed by atoms with van der Waals surface area (Å²) in [5.74, 6) is 1.87. The number of para-hydroxylation sites is 1. The van der Waals surface area contributed by atoms with E-state index in [1.807, 2.05) is 60.7 Å². The highest BCUT2D eigenvalue weighted by molar-refractivity contribution is 6.15. The molecule has 10 aromatic rings. The summed E-state index contributed by atoms with van der Waals surface area (Å²) in [6, 6.07) is 55.2. The van der Waals surface area contributed by atoms with E-state index in [0.29, 0.717) is 17.5 Å². The third kappa shape index (κ3) is 4.40. The van der Waals surface area contributed by atoms with E-state index in [4.69, 9.17) is 19.4 Å². The Morgan fingerprint density at radius 1 is 0.472 bits per heavy atom. The number of hydrogen-bond donors (Lipinski definition) is 0. The van der Waals surface area contributed by atoms with Crippen LogP contribution in [0.15, 0.2) is 162 Å². The Labute approximate surface area is 305 Å². The zero-order valence-electron chi connectivity index (χ0n) is 29.2. The fraction of sp³-hybridized carbons (Fsp3) is 0.0625. The SMILES string of the molecule is CC1(C)c2ccccc2-c2ccc3c(c21)c1ccccc1n3-c1ccc2c(c1)oc1cc(-c3nc(-c4ccccc4)nc(-c4ccccc4)n3)ccc12. The molecule has 0 N–H and O–H groups in total. The van der Waals surface area contributed by atoms with Crippen molar-refractivity contribution in [2.45, 2.75) is 19.3 Å². The van der Waals surface area contributed by atoms with E-state index in [1.54, 1.807) is 0 Å². The highest BCUT2D eigenvalue weighted by Crippen LogP contribution is 2.53. The first-order valence-electron chi connectivity index (χ1n) is 18.0. The number of hydrogen-bond acceptors (Lipinski definition) is 4. The predicted octanol–water partition coefficient (Wildman–Crippen LogP) is 12.2. The summed E-state index contributed by atoms with van der Waals surface area (Å²) in [6.45, 7) is 4.72. The van der Waals surface area contributed by atoms with E-state index in [0.717, 1.165) is 44.3 Å². The molecule has 0 aliphatic heterocycles. The number of nitrogens with zero attached hydrogens (tertiary/aromatic N) is 4. The molecule has 0 fully saturated rings. The largest absolute Gasteiger partial charge is 0.456 e. The van der Waals surface area contributed by atoms with Crippen LogP contribution in [0, 0.1) is 0 Å². The molecule has 0 radical (unpaired) electrons. The van der Waals surface area contributed by atoms with Gasteiger partial charge in [0.15, 0.2) is 17.5 Å². The van der Waals surface area contributed by atoms with Gasteiger partial charge in [-0.1, -0.05) is 129 Å². The van der Waals surface area contributed by atoms with Crippen LogP contribution in [0.3, 0.4) is 0 Å². The fourth-order valence-corrected chi connectivity index (χ4v) is 8.59. The van der Waals surface area contributed by atoms with Gasteiger partial charge in [-0.15, -0.1) is 0 Å². The molecule has 0 saturated heterocycles. The molecule has 3 aromatic heterocycles. The van der Waals surface area contributed by atoms with Crippen LogP contribution in [0.1, 0.15) is 25.0 Å². The Hall–Kier alpha value is -6.85. The minimum Gasteiger partial charge on any atom is -0.456 e. The second-order valence-electron chi connectivity index (χ2n) is 14.4. The number of furan rings is 1. The van der Waals surface area contributed by atoms with Crippen molar-refractivity contribution in [1.29, 1.82) is 0 Å². The van der Waals surface area contributed by atoms with Crippen LogP contribution in [0.5, 0.6) is 0 Å². The fourth-order valence-electron chi connectivity index (χ4n) is 8.59. The average Bonchev–Trinajstić information content (AvgIpc) is 3.83. The lowest BCUT2D eigenvalue weighted by atomic mass is 9.80. The lowest BCUT2D eigenvalue weighted by molar-refractivity contribution is 0.666. The van der Waals surface area contributed by atoms with Crippen LogP contribution in [-0.2, 0) is 5.41 Å². The first-order valence-corrected chi connectivity index (χ1v) is 18.0. The van der Waals surface area contributed by atoms with Crippen molar-refractivity contribution < 1.29 is 4.42 Å².